The zero-order chi connectivity index (χ0) is 24.6. The summed E-state index contributed by atoms with van der Waals surface area (Å²) in [7, 11) is 3.98. The fourth-order valence-corrected chi connectivity index (χ4v) is 3.75. The maximum Gasteiger partial charge on any atom is 0.332 e. The predicted octanol–water partition coefficient (Wildman–Crippen LogP) is 7.24. The van der Waals surface area contributed by atoms with Crippen molar-refractivity contribution in [3.63, 3.8) is 0 Å². The summed E-state index contributed by atoms with van der Waals surface area (Å²) in [6.07, 6.45) is 22.6. The second kappa shape index (κ2) is 24.2. The summed E-state index contributed by atoms with van der Waals surface area (Å²) in [6.45, 7) is 6.20. The molecule has 0 aliphatic rings. The summed E-state index contributed by atoms with van der Waals surface area (Å²) in [5.74, 6) is -0.858. The first kappa shape index (κ1) is 32.1. The first-order valence-corrected chi connectivity index (χ1v) is 13.8. The van der Waals surface area contributed by atoms with E-state index in [0.29, 0.717) is 19.6 Å². The minimum Gasteiger partial charge on any atom is -0.479 e. The summed E-state index contributed by atoms with van der Waals surface area (Å²) in [4.78, 5) is 13.7. The van der Waals surface area contributed by atoms with Crippen molar-refractivity contribution >= 4 is 5.97 Å². The highest BCUT2D eigenvalue weighted by Gasteiger charge is 2.21. The highest BCUT2D eigenvalue weighted by atomic mass is 16.5. The normalized spacial score (nSPS) is 13.7. The maximum atomic E-state index is 11.6. The molecule has 0 saturated heterocycles. The number of hydrogen-bond acceptors (Lipinski definition) is 4. The van der Waals surface area contributed by atoms with Crippen molar-refractivity contribution in [1.29, 1.82) is 0 Å². The van der Waals surface area contributed by atoms with Crippen LogP contribution in [0.3, 0.4) is 0 Å². The van der Waals surface area contributed by atoms with E-state index in [1.54, 1.807) is 0 Å². The Morgan fingerprint density at radius 3 is 1.91 bits per heavy atom. The molecule has 0 aromatic heterocycles. The maximum absolute atomic E-state index is 11.6. The van der Waals surface area contributed by atoms with Crippen LogP contribution in [0.15, 0.2) is 12.2 Å². The first-order chi connectivity index (χ1) is 16.0. The van der Waals surface area contributed by atoms with Crippen LogP contribution < -0.4 is 0 Å². The molecule has 2 atom stereocenters. The van der Waals surface area contributed by atoms with Crippen molar-refractivity contribution in [2.24, 2.45) is 0 Å². The van der Waals surface area contributed by atoms with Crippen LogP contribution in [0.5, 0.6) is 0 Å². The number of nitrogens with zero attached hydrogens (tertiary/aromatic N) is 1. The number of likely N-dealkylation sites (N-methyl/N-ethyl adjacent to an activating group) is 1. The summed E-state index contributed by atoms with van der Waals surface area (Å²) in [6, 6.07) is 0.0763. The molecular weight excluding hydrogens is 414 g/mol. The molecule has 0 fully saturated rings. The van der Waals surface area contributed by atoms with Crippen molar-refractivity contribution in [2.75, 3.05) is 33.9 Å². The Bertz CT molecular complexity index is 453. The lowest BCUT2D eigenvalue weighted by Crippen LogP contribution is -2.39. The number of hydrogen-bond donors (Lipinski definition) is 1. The van der Waals surface area contributed by atoms with Crippen molar-refractivity contribution < 1.29 is 19.4 Å². The summed E-state index contributed by atoms with van der Waals surface area (Å²) in [5.41, 5.74) is 0. The fourth-order valence-electron chi connectivity index (χ4n) is 3.75. The van der Waals surface area contributed by atoms with Crippen LogP contribution in [0.2, 0.25) is 0 Å². The Hall–Kier alpha value is -0.910. The summed E-state index contributed by atoms with van der Waals surface area (Å²) >= 11 is 0. The third-order valence-corrected chi connectivity index (χ3v) is 6.18. The first-order valence-electron chi connectivity index (χ1n) is 13.8. The number of carboxylic acid groups (broad SMARTS) is 1. The van der Waals surface area contributed by atoms with Crippen LogP contribution in [-0.2, 0) is 14.3 Å². The van der Waals surface area contributed by atoms with Gasteiger partial charge in [0.05, 0.1) is 19.3 Å². The standard InChI is InChI=1S/C28H55NO4/c1-5-7-9-11-12-13-14-15-16-17-18-20-22-27(28(30)31)33-25-26(29(3)4)24-32-23-21-19-10-8-6-2/h15-16,26-27H,5-14,17-25H2,1-4H3,(H,30,31). The van der Waals surface area contributed by atoms with E-state index in [0.717, 1.165) is 32.3 Å². The molecule has 5 nitrogen and oxygen atoms in total. The zero-order valence-corrected chi connectivity index (χ0v) is 22.4. The molecule has 0 amide bonds. The van der Waals surface area contributed by atoms with Gasteiger partial charge in [0.2, 0.25) is 0 Å². The van der Waals surface area contributed by atoms with Crippen LogP contribution in [0, 0.1) is 0 Å². The summed E-state index contributed by atoms with van der Waals surface area (Å²) in [5, 5.41) is 9.53. The van der Waals surface area contributed by atoms with Gasteiger partial charge in [-0.2, -0.15) is 0 Å². The Labute approximate surface area is 205 Å². The van der Waals surface area contributed by atoms with Gasteiger partial charge in [0, 0.05) is 6.61 Å². The van der Waals surface area contributed by atoms with Gasteiger partial charge >= 0.3 is 5.97 Å². The molecule has 0 aliphatic heterocycles. The fraction of sp³-hybridized carbons (Fsp3) is 0.893. The average Bonchev–Trinajstić information content (AvgIpc) is 2.79. The monoisotopic (exact) mass is 469 g/mol. The minimum atomic E-state index is -0.858. The molecule has 0 aliphatic carbocycles. The molecule has 0 heterocycles. The third kappa shape index (κ3) is 21.4. The lowest BCUT2D eigenvalue weighted by atomic mass is 10.1. The van der Waals surface area contributed by atoms with Crippen molar-refractivity contribution in [1.82, 2.24) is 4.90 Å². The van der Waals surface area contributed by atoms with E-state index in [1.807, 2.05) is 14.1 Å². The summed E-state index contributed by atoms with van der Waals surface area (Å²) < 4.78 is 11.6. The molecule has 196 valence electrons. The largest absolute Gasteiger partial charge is 0.479 e. The Kier molecular flexibility index (Phi) is 23.6. The van der Waals surface area contributed by atoms with Gasteiger partial charge in [-0.15, -0.1) is 0 Å². The molecule has 0 spiro atoms. The molecule has 0 saturated carbocycles. The zero-order valence-electron chi connectivity index (χ0n) is 22.4. The van der Waals surface area contributed by atoms with Gasteiger partial charge in [-0.1, -0.05) is 83.8 Å². The molecular formula is C28H55NO4. The van der Waals surface area contributed by atoms with E-state index in [2.05, 4.69) is 30.9 Å². The molecule has 1 N–H and O–H groups in total. The number of unbranched alkanes of at least 4 members (excludes halogenated alkanes) is 12. The number of rotatable bonds is 25. The number of carboxylic acids is 1. The van der Waals surface area contributed by atoms with Crippen molar-refractivity contribution in [3.8, 4) is 0 Å². The number of allylic oxidation sites excluding steroid dienone is 2. The van der Waals surface area contributed by atoms with Gasteiger partial charge in [-0.3, -0.25) is 0 Å². The Morgan fingerprint density at radius 1 is 0.788 bits per heavy atom. The lowest BCUT2D eigenvalue weighted by molar-refractivity contribution is -0.152. The van der Waals surface area contributed by atoms with Crippen LogP contribution in [0.1, 0.15) is 117 Å². The van der Waals surface area contributed by atoms with Gasteiger partial charge in [0.1, 0.15) is 0 Å². The van der Waals surface area contributed by atoms with Crippen LogP contribution >= 0.6 is 0 Å². The molecule has 0 radical (unpaired) electrons. The molecule has 33 heavy (non-hydrogen) atoms. The molecule has 2 unspecified atom stereocenters. The second-order valence-electron chi connectivity index (χ2n) is 9.58. The SMILES string of the molecule is CCCCCCCCC=CCCCCC(OCC(COCCCCCCC)N(C)C)C(=O)O. The van der Waals surface area contributed by atoms with Gasteiger partial charge < -0.3 is 19.5 Å². The van der Waals surface area contributed by atoms with Crippen LogP contribution in [-0.4, -0.2) is 62.0 Å². The number of carbonyl (C=O) groups is 1. The highest BCUT2D eigenvalue weighted by molar-refractivity contribution is 5.72. The Balaban J connectivity index is 3.94. The van der Waals surface area contributed by atoms with Gasteiger partial charge in [-0.25, -0.2) is 4.79 Å². The van der Waals surface area contributed by atoms with Crippen molar-refractivity contribution in [3.05, 3.63) is 12.2 Å². The number of aliphatic carboxylic acids is 1. The third-order valence-electron chi connectivity index (χ3n) is 6.18. The van der Waals surface area contributed by atoms with E-state index < -0.39 is 12.1 Å². The van der Waals surface area contributed by atoms with Gasteiger partial charge in [0.15, 0.2) is 6.10 Å². The van der Waals surface area contributed by atoms with Gasteiger partial charge in [0.25, 0.3) is 0 Å². The molecule has 5 heteroatoms. The van der Waals surface area contributed by atoms with E-state index in [9.17, 15) is 9.90 Å². The van der Waals surface area contributed by atoms with Crippen LogP contribution in [0.4, 0.5) is 0 Å². The molecule has 0 bridgehead atoms. The predicted molar refractivity (Wildman–Crippen MR) is 140 cm³/mol. The van der Waals surface area contributed by atoms with E-state index in [4.69, 9.17) is 9.47 Å². The van der Waals surface area contributed by atoms with E-state index in [-0.39, 0.29) is 6.04 Å². The quantitative estimate of drug-likeness (QED) is 0.113. The van der Waals surface area contributed by atoms with Crippen molar-refractivity contribution in [2.45, 2.75) is 129 Å². The average molecular weight is 470 g/mol. The number of ether oxygens (including phenoxy) is 2. The van der Waals surface area contributed by atoms with E-state index >= 15 is 0 Å². The second-order valence-corrected chi connectivity index (χ2v) is 9.58. The van der Waals surface area contributed by atoms with E-state index in [1.165, 1.54) is 70.6 Å². The molecule has 0 rings (SSSR count). The minimum absolute atomic E-state index is 0.0763. The molecule has 0 aromatic carbocycles. The molecule has 0 aromatic rings. The topological polar surface area (TPSA) is 59.0 Å². The van der Waals surface area contributed by atoms with Crippen LogP contribution in [0.25, 0.3) is 0 Å². The lowest BCUT2D eigenvalue weighted by Gasteiger charge is -2.25. The Morgan fingerprint density at radius 2 is 1.33 bits per heavy atom. The smallest absolute Gasteiger partial charge is 0.332 e. The van der Waals surface area contributed by atoms with Gasteiger partial charge in [-0.05, 0) is 59.0 Å². The highest BCUT2D eigenvalue weighted by Crippen LogP contribution is 2.11.